The van der Waals surface area contributed by atoms with Gasteiger partial charge < -0.3 is 0 Å². The highest BCUT2D eigenvalue weighted by Crippen LogP contribution is 2.33. The molecule has 4 aromatic rings. The number of pyridine rings is 1. The summed E-state index contributed by atoms with van der Waals surface area (Å²) >= 11 is 1.47. The van der Waals surface area contributed by atoms with Crippen molar-refractivity contribution < 1.29 is 9.72 Å². The molecule has 0 aliphatic carbocycles. The van der Waals surface area contributed by atoms with E-state index >= 15 is 0 Å². The Morgan fingerprint density at radius 1 is 1.19 bits per heavy atom. The van der Waals surface area contributed by atoms with Crippen LogP contribution in [0.1, 0.15) is 22.3 Å². The van der Waals surface area contributed by atoms with Crippen molar-refractivity contribution in [3.8, 4) is 0 Å². The number of nitro groups is 1. The molecular weight excluding hydrogens is 424 g/mol. The van der Waals surface area contributed by atoms with Crippen molar-refractivity contribution >= 4 is 44.4 Å². The molecule has 7 nitrogen and oxygen atoms in total. The third-order valence-electron chi connectivity index (χ3n) is 4.87. The molecule has 0 aliphatic heterocycles. The van der Waals surface area contributed by atoms with Crippen molar-refractivity contribution in [3.05, 3.63) is 99.4 Å². The number of aryl methyl sites for hydroxylation is 2. The summed E-state index contributed by atoms with van der Waals surface area (Å²) in [6.07, 6.45) is 6.39. The zero-order chi connectivity index (χ0) is 22.7. The standard InChI is InChI=1S/C24H20N4O3S/c1-16-11-17(2)23-21(12-16)26-24(32-23)27(15-19-6-4-10-25-14-19)22(29)9-8-18-5-3-7-20(13-18)28(30)31/h3-14H,15H2,1-2H3/b9-8+. The fourth-order valence-electron chi connectivity index (χ4n) is 3.39. The molecule has 4 rings (SSSR count). The van der Waals surface area contributed by atoms with E-state index in [1.807, 2.05) is 32.0 Å². The zero-order valence-corrected chi connectivity index (χ0v) is 18.4. The number of hydrogen-bond donors (Lipinski definition) is 0. The number of hydrogen-bond acceptors (Lipinski definition) is 6. The molecule has 2 aromatic carbocycles. The van der Waals surface area contributed by atoms with E-state index in [0.717, 1.165) is 26.9 Å². The summed E-state index contributed by atoms with van der Waals surface area (Å²) in [5, 5.41) is 11.6. The topological polar surface area (TPSA) is 89.2 Å². The van der Waals surface area contributed by atoms with Crippen LogP contribution in [0.5, 0.6) is 0 Å². The minimum atomic E-state index is -0.459. The highest BCUT2D eigenvalue weighted by Gasteiger charge is 2.19. The number of thiazole rings is 1. The first-order chi connectivity index (χ1) is 15.4. The zero-order valence-electron chi connectivity index (χ0n) is 17.6. The van der Waals surface area contributed by atoms with Gasteiger partial charge in [0.05, 0.1) is 21.7 Å². The van der Waals surface area contributed by atoms with Crippen LogP contribution in [-0.2, 0) is 11.3 Å². The molecule has 0 N–H and O–H groups in total. The predicted octanol–water partition coefficient (Wildman–Crippen LogP) is 5.46. The van der Waals surface area contributed by atoms with Gasteiger partial charge in [-0.15, -0.1) is 0 Å². The largest absolute Gasteiger partial charge is 0.280 e. The average Bonchev–Trinajstić information content (AvgIpc) is 3.21. The van der Waals surface area contributed by atoms with Crippen LogP contribution >= 0.6 is 11.3 Å². The quantitative estimate of drug-likeness (QED) is 0.224. The molecule has 0 aliphatic rings. The Bertz CT molecular complexity index is 1330. The molecule has 0 saturated heterocycles. The molecule has 0 radical (unpaired) electrons. The van der Waals surface area contributed by atoms with Gasteiger partial charge in [0.15, 0.2) is 5.13 Å². The number of non-ortho nitro benzene ring substituents is 1. The fraction of sp³-hybridized carbons (Fsp3) is 0.125. The van der Waals surface area contributed by atoms with Crippen LogP contribution in [0.4, 0.5) is 10.8 Å². The van der Waals surface area contributed by atoms with Crippen molar-refractivity contribution in [1.29, 1.82) is 0 Å². The molecular formula is C24H20N4O3S. The van der Waals surface area contributed by atoms with Crippen LogP contribution < -0.4 is 4.90 Å². The lowest BCUT2D eigenvalue weighted by Crippen LogP contribution is -2.28. The molecule has 0 fully saturated rings. The summed E-state index contributed by atoms with van der Waals surface area (Å²) in [6, 6.07) is 14.0. The van der Waals surface area contributed by atoms with Crippen LogP contribution in [0.25, 0.3) is 16.3 Å². The number of carbonyl (C=O) groups excluding carboxylic acids is 1. The van der Waals surface area contributed by atoms with Crippen molar-refractivity contribution in [2.75, 3.05) is 4.90 Å². The Balaban J connectivity index is 1.69. The van der Waals surface area contributed by atoms with Gasteiger partial charge >= 0.3 is 0 Å². The third-order valence-corrected chi connectivity index (χ3v) is 6.10. The number of nitro benzene ring substituents is 1. The van der Waals surface area contributed by atoms with Gasteiger partial charge in [-0.2, -0.15) is 0 Å². The second-order valence-corrected chi connectivity index (χ2v) is 8.38. The van der Waals surface area contributed by atoms with E-state index in [9.17, 15) is 14.9 Å². The monoisotopic (exact) mass is 444 g/mol. The second kappa shape index (κ2) is 9.07. The lowest BCUT2D eigenvalue weighted by molar-refractivity contribution is -0.384. The normalized spacial score (nSPS) is 11.2. The third kappa shape index (κ3) is 4.70. The van der Waals surface area contributed by atoms with E-state index in [-0.39, 0.29) is 11.6 Å². The summed E-state index contributed by atoms with van der Waals surface area (Å²) in [5.41, 5.74) is 4.51. The smallest absolute Gasteiger partial charge is 0.270 e. The first-order valence-electron chi connectivity index (χ1n) is 9.91. The molecule has 0 spiro atoms. The number of nitrogens with zero attached hydrogens (tertiary/aromatic N) is 4. The number of aromatic nitrogens is 2. The van der Waals surface area contributed by atoms with Crippen LogP contribution in [-0.4, -0.2) is 20.8 Å². The number of rotatable bonds is 6. The maximum absolute atomic E-state index is 13.2. The molecule has 2 aromatic heterocycles. The van der Waals surface area contributed by atoms with Gasteiger partial charge in [0.2, 0.25) is 0 Å². The number of fused-ring (bicyclic) bond motifs is 1. The van der Waals surface area contributed by atoms with Gasteiger partial charge in [-0.3, -0.25) is 24.8 Å². The van der Waals surface area contributed by atoms with Crippen molar-refractivity contribution in [2.24, 2.45) is 0 Å². The minimum absolute atomic E-state index is 0.0242. The van der Waals surface area contributed by atoms with Crippen LogP contribution in [0.15, 0.2) is 67.0 Å². The summed E-state index contributed by atoms with van der Waals surface area (Å²) < 4.78 is 1.04. The van der Waals surface area contributed by atoms with E-state index in [1.54, 1.807) is 35.5 Å². The van der Waals surface area contributed by atoms with Crippen LogP contribution in [0.3, 0.4) is 0 Å². The van der Waals surface area contributed by atoms with E-state index in [1.165, 1.54) is 29.5 Å². The Morgan fingerprint density at radius 2 is 2.03 bits per heavy atom. The Hall–Kier alpha value is -3.91. The van der Waals surface area contributed by atoms with Gasteiger partial charge in [-0.05, 0) is 54.3 Å². The first-order valence-corrected chi connectivity index (χ1v) is 10.7. The van der Waals surface area contributed by atoms with Crippen molar-refractivity contribution in [1.82, 2.24) is 9.97 Å². The Kier molecular flexibility index (Phi) is 6.04. The van der Waals surface area contributed by atoms with E-state index < -0.39 is 4.92 Å². The number of benzene rings is 2. The first kappa shape index (κ1) is 21.3. The summed E-state index contributed by atoms with van der Waals surface area (Å²) in [6.45, 7) is 4.36. The average molecular weight is 445 g/mol. The lowest BCUT2D eigenvalue weighted by Gasteiger charge is -2.18. The predicted molar refractivity (Wildman–Crippen MR) is 127 cm³/mol. The van der Waals surface area contributed by atoms with Gasteiger partial charge in [0, 0.05) is 30.6 Å². The number of carbonyl (C=O) groups is 1. The van der Waals surface area contributed by atoms with Gasteiger partial charge in [0.1, 0.15) is 0 Å². The molecule has 8 heteroatoms. The van der Waals surface area contributed by atoms with Crippen molar-refractivity contribution in [3.63, 3.8) is 0 Å². The maximum atomic E-state index is 13.2. The summed E-state index contributed by atoms with van der Waals surface area (Å²) in [4.78, 5) is 34.2. The fourth-order valence-corrected chi connectivity index (χ4v) is 4.41. The SMILES string of the molecule is Cc1cc(C)c2sc(N(Cc3cccnc3)C(=O)/C=C/c3cccc([N+](=O)[O-])c3)nc2c1. The lowest BCUT2D eigenvalue weighted by atomic mass is 10.1. The summed E-state index contributed by atoms with van der Waals surface area (Å²) in [7, 11) is 0. The van der Waals surface area contributed by atoms with Gasteiger partial charge in [-0.25, -0.2) is 4.98 Å². The molecule has 0 bridgehead atoms. The molecule has 2 heterocycles. The van der Waals surface area contributed by atoms with Crippen LogP contribution in [0, 0.1) is 24.0 Å². The molecule has 1 amide bonds. The van der Waals surface area contributed by atoms with E-state index in [0.29, 0.717) is 17.2 Å². The van der Waals surface area contributed by atoms with Crippen molar-refractivity contribution in [2.45, 2.75) is 20.4 Å². The Labute approximate surface area is 188 Å². The van der Waals surface area contributed by atoms with E-state index in [2.05, 4.69) is 11.1 Å². The maximum Gasteiger partial charge on any atom is 0.270 e. The molecule has 160 valence electrons. The molecule has 0 atom stereocenters. The minimum Gasteiger partial charge on any atom is -0.280 e. The van der Waals surface area contributed by atoms with Crippen LogP contribution in [0.2, 0.25) is 0 Å². The van der Waals surface area contributed by atoms with E-state index in [4.69, 9.17) is 4.98 Å². The Morgan fingerprint density at radius 3 is 2.78 bits per heavy atom. The number of amides is 1. The second-order valence-electron chi connectivity index (χ2n) is 7.40. The molecule has 0 unspecified atom stereocenters. The molecule has 0 saturated carbocycles. The molecule has 32 heavy (non-hydrogen) atoms. The summed E-state index contributed by atoms with van der Waals surface area (Å²) in [5.74, 6) is -0.270. The van der Waals surface area contributed by atoms with Gasteiger partial charge in [0.25, 0.3) is 11.6 Å². The van der Waals surface area contributed by atoms with Gasteiger partial charge in [-0.1, -0.05) is 35.6 Å². The highest BCUT2D eigenvalue weighted by molar-refractivity contribution is 7.22. The number of anilines is 1. The highest BCUT2D eigenvalue weighted by atomic mass is 32.1.